The number of carbonyl (C=O) groups is 3. The van der Waals surface area contributed by atoms with E-state index in [1.54, 1.807) is 37.3 Å². The molecule has 0 aliphatic rings. The van der Waals surface area contributed by atoms with Crippen LogP contribution in [0.25, 0.3) is 0 Å². The normalized spacial score (nSPS) is 10.5. The number of esters is 2. The van der Waals surface area contributed by atoms with Crippen molar-refractivity contribution in [3.05, 3.63) is 63.9 Å². The van der Waals surface area contributed by atoms with Gasteiger partial charge in [0.1, 0.15) is 33.7 Å². The van der Waals surface area contributed by atoms with E-state index < -0.39 is 17.8 Å². The van der Waals surface area contributed by atoms with Crippen LogP contribution in [0.5, 0.6) is 11.5 Å². The number of methoxy groups -OCH3 is 1. The lowest BCUT2D eigenvalue weighted by atomic mass is 10.1. The molecule has 0 saturated carbocycles. The standard InChI is InChI=1S/C25H27NO8S/c1-5-13-32-24(28)20-15(3)21(25(29)30-4)35-23(20)26-22(27)19-12-11-18(34-19)14-33-17-9-7-16(8-10-17)31-6-2/h7-12H,5-6,13-14H2,1-4H3,(H,26,27). The molecule has 9 nitrogen and oxygen atoms in total. The summed E-state index contributed by atoms with van der Waals surface area (Å²) in [5.74, 6) is 0.00112. The van der Waals surface area contributed by atoms with Crippen molar-refractivity contribution in [2.75, 3.05) is 25.6 Å². The molecule has 0 saturated heterocycles. The Kier molecular flexibility index (Phi) is 8.91. The smallest absolute Gasteiger partial charge is 0.348 e. The molecule has 10 heteroatoms. The Morgan fingerprint density at radius 1 is 0.971 bits per heavy atom. The van der Waals surface area contributed by atoms with Crippen molar-refractivity contribution in [1.29, 1.82) is 0 Å². The van der Waals surface area contributed by atoms with Crippen molar-refractivity contribution in [2.45, 2.75) is 33.8 Å². The second-order valence-electron chi connectivity index (χ2n) is 7.30. The number of furan rings is 1. The summed E-state index contributed by atoms with van der Waals surface area (Å²) >= 11 is 0.939. The van der Waals surface area contributed by atoms with E-state index in [2.05, 4.69) is 5.32 Å². The van der Waals surface area contributed by atoms with Crippen LogP contribution in [0.3, 0.4) is 0 Å². The molecule has 0 radical (unpaired) electrons. The van der Waals surface area contributed by atoms with Crippen LogP contribution in [0.2, 0.25) is 0 Å². The number of amides is 1. The largest absolute Gasteiger partial charge is 0.494 e. The molecular weight excluding hydrogens is 474 g/mol. The van der Waals surface area contributed by atoms with Crippen molar-refractivity contribution in [1.82, 2.24) is 0 Å². The van der Waals surface area contributed by atoms with Gasteiger partial charge in [0.2, 0.25) is 0 Å². The summed E-state index contributed by atoms with van der Waals surface area (Å²) < 4.78 is 26.7. The highest BCUT2D eigenvalue weighted by Crippen LogP contribution is 2.34. The first kappa shape index (κ1) is 25.8. The molecule has 35 heavy (non-hydrogen) atoms. The molecule has 1 amide bonds. The number of ether oxygens (including phenoxy) is 4. The van der Waals surface area contributed by atoms with Gasteiger partial charge in [0, 0.05) is 0 Å². The number of rotatable bonds is 11. The van der Waals surface area contributed by atoms with Crippen molar-refractivity contribution in [3.63, 3.8) is 0 Å². The van der Waals surface area contributed by atoms with E-state index in [0.29, 0.717) is 30.1 Å². The minimum absolute atomic E-state index is 0.0221. The first-order valence-electron chi connectivity index (χ1n) is 11.0. The average molecular weight is 502 g/mol. The van der Waals surface area contributed by atoms with Gasteiger partial charge in [-0.3, -0.25) is 4.79 Å². The van der Waals surface area contributed by atoms with Crippen molar-refractivity contribution in [2.24, 2.45) is 0 Å². The molecule has 1 aromatic carbocycles. The van der Waals surface area contributed by atoms with Crippen LogP contribution in [0.15, 0.2) is 40.8 Å². The molecule has 0 unspecified atom stereocenters. The van der Waals surface area contributed by atoms with Crippen LogP contribution in [0.1, 0.15) is 62.2 Å². The van der Waals surface area contributed by atoms with Gasteiger partial charge in [-0.2, -0.15) is 0 Å². The van der Waals surface area contributed by atoms with Crippen LogP contribution in [0.4, 0.5) is 5.00 Å². The lowest BCUT2D eigenvalue weighted by molar-refractivity contribution is 0.0506. The van der Waals surface area contributed by atoms with Gasteiger partial charge in [0.25, 0.3) is 5.91 Å². The minimum Gasteiger partial charge on any atom is -0.494 e. The van der Waals surface area contributed by atoms with E-state index in [9.17, 15) is 14.4 Å². The Morgan fingerprint density at radius 3 is 2.29 bits per heavy atom. The average Bonchev–Trinajstić information content (AvgIpc) is 3.46. The summed E-state index contributed by atoms with van der Waals surface area (Å²) in [4.78, 5) is 37.8. The Morgan fingerprint density at radius 2 is 1.66 bits per heavy atom. The van der Waals surface area contributed by atoms with E-state index in [1.807, 2.05) is 13.8 Å². The van der Waals surface area contributed by atoms with Crippen molar-refractivity contribution in [3.8, 4) is 11.5 Å². The number of anilines is 1. The van der Waals surface area contributed by atoms with Crippen LogP contribution in [-0.2, 0) is 16.1 Å². The second kappa shape index (κ2) is 12.1. The predicted molar refractivity (Wildman–Crippen MR) is 130 cm³/mol. The second-order valence-corrected chi connectivity index (χ2v) is 8.32. The lowest BCUT2D eigenvalue weighted by Gasteiger charge is -2.07. The first-order chi connectivity index (χ1) is 16.9. The highest BCUT2D eigenvalue weighted by atomic mass is 32.1. The number of hydrogen-bond acceptors (Lipinski definition) is 9. The van der Waals surface area contributed by atoms with Gasteiger partial charge in [-0.1, -0.05) is 6.92 Å². The molecule has 2 heterocycles. The molecule has 0 aliphatic heterocycles. The maximum atomic E-state index is 12.8. The molecule has 0 fully saturated rings. The Balaban J connectivity index is 1.71. The maximum Gasteiger partial charge on any atom is 0.348 e. The third-order valence-electron chi connectivity index (χ3n) is 4.79. The summed E-state index contributed by atoms with van der Waals surface area (Å²) in [7, 11) is 1.24. The van der Waals surface area contributed by atoms with Crippen LogP contribution in [-0.4, -0.2) is 38.2 Å². The van der Waals surface area contributed by atoms with Gasteiger partial charge in [0.05, 0.1) is 25.9 Å². The number of nitrogens with one attached hydrogen (secondary N) is 1. The molecule has 0 aliphatic carbocycles. The van der Waals surface area contributed by atoms with Gasteiger partial charge in [-0.25, -0.2) is 9.59 Å². The third-order valence-corrected chi connectivity index (χ3v) is 5.97. The highest BCUT2D eigenvalue weighted by molar-refractivity contribution is 7.18. The molecule has 3 rings (SSSR count). The van der Waals surface area contributed by atoms with Gasteiger partial charge in [0.15, 0.2) is 5.76 Å². The van der Waals surface area contributed by atoms with Crippen LogP contribution in [0, 0.1) is 6.92 Å². The zero-order chi connectivity index (χ0) is 25.4. The van der Waals surface area contributed by atoms with Crippen molar-refractivity contribution >= 4 is 34.2 Å². The van der Waals surface area contributed by atoms with Gasteiger partial charge in [-0.15, -0.1) is 11.3 Å². The number of hydrogen-bond donors (Lipinski definition) is 1. The molecule has 3 aromatic rings. The number of benzene rings is 1. The third kappa shape index (κ3) is 6.42. The Bertz CT molecular complexity index is 1180. The first-order valence-corrected chi connectivity index (χ1v) is 11.8. The number of thiophene rings is 1. The summed E-state index contributed by atoms with van der Waals surface area (Å²) in [6.45, 7) is 6.28. The molecule has 2 aromatic heterocycles. The molecule has 186 valence electrons. The van der Waals surface area contributed by atoms with Crippen molar-refractivity contribution < 1.29 is 37.7 Å². The molecular formula is C25H27NO8S. The van der Waals surface area contributed by atoms with Crippen LogP contribution >= 0.6 is 11.3 Å². The quantitative estimate of drug-likeness (QED) is 0.355. The lowest BCUT2D eigenvalue weighted by Crippen LogP contribution is -2.14. The monoisotopic (exact) mass is 501 g/mol. The van der Waals surface area contributed by atoms with E-state index in [4.69, 9.17) is 23.4 Å². The Hall–Kier alpha value is -3.79. The van der Waals surface area contributed by atoms with Gasteiger partial charge in [-0.05, 0) is 62.2 Å². The van der Waals surface area contributed by atoms with E-state index in [0.717, 1.165) is 17.1 Å². The fraction of sp³-hybridized carbons (Fsp3) is 0.320. The highest BCUT2D eigenvalue weighted by Gasteiger charge is 2.28. The van der Waals surface area contributed by atoms with Crippen LogP contribution < -0.4 is 14.8 Å². The molecule has 0 spiro atoms. The summed E-state index contributed by atoms with van der Waals surface area (Å²) in [5.41, 5.74) is 0.491. The molecule has 0 atom stereocenters. The minimum atomic E-state index is -0.630. The predicted octanol–water partition coefficient (Wildman–Crippen LogP) is 5.23. The van der Waals surface area contributed by atoms with E-state index >= 15 is 0 Å². The number of carbonyl (C=O) groups excluding carboxylic acids is 3. The van der Waals surface area contributed by atoms with Gasteiger partial charge < -0.3 is 28.7 Å². The SMILES string of the molecule is CCCOC(=O)c1c(NC(=O)c2ccc(COc3ccc(OCC)cc3)o2)sc(C(=O)OC)c1C. The summed E-state index contributed by atoms with van der Waals surface area (Å²) in [6, 6.07) is 10.3. The fourth-order valence-electron chi connectivity index (χ4n) is 3.10. The molecule has 1 N–H and O–H groups in total. The van der Waals surface area contributed by atoms with Gasteiger partial charge >= 0.3 is 11.9 Å². The van der Waals surface area contributed by atoms with E-state index in [1.165, 1.54) is 13.2 Å². The summed E-state index contributed by atoms with van der Waals surface area (Å²) in [5, 5.41) is 2.83. The topological polar surface area (TPSA) is 113 Å². The van der Waals surface area contributed by atoms with E-state index in [-0.39, 0.29) is 34.4 Å². The molecule has 0 bridgehead atoms. The zero-order valence-electron chi connectivity index (χ0n) is 20.0. The zero-order valence-corrected chi connectivity index (χ0v) is 20.8. The Labute approximate surface area is 206 Å². The summed E-state index contributed by atoms with van der Waals surface area (Å²) in [6.07, 6.45) is 0.633. The fourth-order valence-corrected chi connectivity index (χ4v) is 4.21. The maximum absolute atomic E-state index is 12.8.